The van der Waals surface area contributed by atoms with Crippen LogP contribution < -0.4 is 0 Å². The molecule has 6 rings (SSSR count). The number of hydrogen-bond acceptors (Lipinski definition) is 3. The Hall–Kier alpha value is -3.01. The van der Waals surface area contributed by atoms with Crippen molar-refractivity contribution in [1.29, 1.82) is 0 Å². The van der Waals surface area contributed by atoms with Gasteiger partial charge in [0.1, 0.15) is 0 Å². The molecule has 34 heavy (non-hydrogen) atoms. The Labute approximate surface area is 208 Å². The average molecular weight is 478 g/mol. The van der Waals surface area contributed by atoms with Gasteiger partial charge in [-0.05, 0) is 81.8 Å². The minimum Gasteiger partial charge on any atom is -0.255 e. The maximum atomic E-state index is 4.93. The zero-order valence-corrected chi connectivity index (χ0v) is 21.8. The highest BCUT2D eigenvalue weighted by Gasteiger charge is 2.22. The summed E-state index contributed by atoms with van der Waals surface area (Å²) in [6.07, 6.45) is 1.98. The highest BCUT2D eigenvalue weighted by molar-refractivity contribution is 7.29. The summed E-state index contributed by atoms with van der Waals surface area (Å²) in [7, 11) is 0. The molecule has 0 aliphatic rings. The third-order valence-electron chi connectivity index (χ3n) is 6.85. The van der Waals surface area contributed by atoms with E-state index in [2.05, 4.69) is 101 Å². The molecule has 3 aromatic heterocycles. The van der Waals surface area contributed by atoms with Crippen LogP contribution in [0.4, 0.5) is 0 Å². The van der Waals surface area contributed by atoms with Crippen molar-refractivity contribution in [3.05, 3.63) is 89.6 Å². The Kier molecular flexibility index (Phi) is 4.91. The predicted molar refractivity (Wildman–Crippen MR) is 152 cm³/mol. The van der Waals surface area contributed by atoms with Gasteiger partial charge in [-0.2, -0.15) is 0 Å². The van der Waals surface area contributed by atoms with Crippen molar-refractivity contribution in [3.8, 4) is 21.0 Å². The lowest BCUT2D eigenvalue weighted by Gasteiger charge is -2.22. The molecule has 0 bridgehead atoms. The zero-order valence-electron chi connectivity index (χ0n) is 20.2. The van der Waals surface area contributed by atoms with Crippen molar-refractivity contribution >= 4 is 53.6 Å². The zero-order chi connectivity index (χ0) is 23.6. The summed E-state index contributed by atoms with van der Waals surface area (Å²) in [5, 5.41) is 5.28. The van der Waals surface area contributed by atoms with Gasteiger partial charge in [0.25, 0.3) is 0 Å². The number of thiophene rings is 2. The van der Waals surface area contributed by atoms with Gasteiger partial charge in [-0.1, -0.05) is 63.2 Å². The molecule has 0 saturated carbocycles. The smallest absolute Gasteiger partial charge is 0.0880 e. The molecule has 0 aliphatic carbocycles. The number of aryl methyl sites for hydroxylation is 2. The topological polar surface area (TPSA) is 12.9 Å². The highest BCUT2D eigenvalue weighted by atomic mass is 32.1. The Balaban J connectivity index is 1.62. The SMILES string of the molecule is Cc1c(-c2sc3c(-c4cc(C(C)(C)C)c5ccccc5c4)nccc3c2C)sc2ccccc12. The molecule has 0 saturated heterocycles. The number of pyridine rings is 1. The van der Waals surface area contributed by atoms with Crippen LogP contribution >= 0.6 is 22.7 Å². The number of rotatable bonds is 2. The molecule has 0 fully saturated rings. The van der Waals surface area contributed by atoms with E-state index >= 15 is 0 Å². The Bertz CT molecular complexity index is 1710. The molecule has 3 heterocycles. The average Bonchev–Trinajstić information content (AvgIpc) is 3.34. The van der Waals surface area contributed by atoms with Gasteiger partial charge in [0.2, 0.25) is 0 Å². The third kappa shape index (κ3) is 3.30. The van der Waals surface area contributed by atoms with Crippen LogP contribution in [0.1, 0.15) is 37.5 Å². The van der Waals surface area contributed by atoms with Crippen LogP contribution in [0.2, 0.25) is 0 Å². The van der Waals surface area contributed by atoms with Crippen molar-refractivity contribution in [2.75, 3.05) is 0 Å². The molecule has 0 atom stereocenters. The van der Waals surface area contributed by atoms with Crippen molar-refractivity contribution in [2.24, 2.45) is 0 Å². The number of aromatic nitrogens is 1. The monoisotopic (exact) mass is 477 g/mol. The van der Waals surface area contributed by atoms with Gasteiger partial charge in [0.15, 0.2) is 0 Å². The fourth-order valence-corrected chi connectivity index (χ4v) is 7.80. The van der Waals surface area contributed by atoms with Gasteiger partial charge in [0.05, 0.1) is 10.4 Å². The van der Waals surface area contributed by atoms with E-state index in [-0.39, 0.29) is 5.41 Å². The highest BCUT2D eigenvalue weighted by Crippen LogP contribution is 2.47. The number of fused-ring (bicyclic) bond motifs is 3. The number of benzene rings is 3. The number of hydrogen-bond donors (Lipinski definition) is 0. The van der Waals surface area contributed by atoms with Crippen LogP contribution in [0.15, 0.2) is 72.9 Å². The lowest BCUT2D eigenvalue weighted by molar-refractivity contribution is 0.596. The molecule has 168 valence electrons. The van der Waals surface area contributed by atoms with Crippen LogP contribution in [-0.4, -0.2) is 4.98 Å². The molecule has 0 spiro atoms. The summed E-state index contributed by atoms with van der Waals surface area (Å²) in [6, 6.07) is 24.3. The standard InChI is InChI=1S/C31H27NS2/c1-18-22-11-8-9-13-26(22)33-28(18)29-19(2)23-14-15-32-27(30(23)34-29)21-16-20-10-6-7-12-24(20)25(17-21)31(3,4)5/h6-17H,1-5H3. The Morgan fingerprint density at radius 1 is 0.706 bits per heavy atom. The first-order valence-corrected chi connectivity index (χ1v) is 13.4. The summed E-state index contributed by atoms with van der Waals surface area (Å²) >= 11 is 3.80. The summed E-state index contributed by atoms with van der Waals surface area (Å²) in [6.45, 7) is 11.4. The van der Waals surface area contributed by atoms with Gasteiger partial charge >= 0.3 is 0 Å². The normalized spacial score (nSPS) is 12.3. The van der Waals surface area contributed by atoms with E-state index in [1.807, 2.05) is 28.9 Å². The molecular formula is C31H27NS2. The van der Waals surface area contributed by atoms with E-state index < -0.39 is 0 Å². The fourth-order valence-electron chi connectivity index (χ4n) is 5.03. The molecule has 0 unspecified atom stereocenters. The quantitative estimate of drug-likeness (QED) is 0.242. The minimum absolute atomic E-state index is 0.0498. The van der Waals surface area contributed by atoms with Gasteiger partial charge in [-0.15, -0.1) is 22.7 Å². The second-order valence-electron chi connectivity index (χ2n) is 10.1. The van der Waals surface area contributed by atoms with E-state index in [0.29, 0.717) is 0 Å². The Morgan fingerprint density at radius 2 is 1.38 bits per heavy atom. The lowest BCUT2D eigenvalue weighted by Crippen LogP contribution is -2.12. The second kappa shape index (κ2) is 7.76. The van der Waals surface area contributed by atoms with Gasteiger partial charge in [-0.25, -0.2) is 0 Å². The minimum atomic E-state index is 0.0498. The largest absolute Gasteiger partial charge is 0.255 e. The van der Waals surface area contributed by atoms with Crippen LogP contribution in [0, 0.1) is 13.8 Å². The van der Waals surface area contributed by atoms with E-state index in [1.165, 1.54) is 63.0 Å². The molecule has 0 radical (unpaired) electrons. The summed E-state index contributed by atoms with van der Waals surface area (Å²) < 4.78 is 2.64. The van der Waals surface area contributed by atoms with E-state index in [4.69, 9.17) is 4.98 Å². The van der Waals surface area contributed by atoms with Gasteiger partial charge < -0.3 is 0 Å². The maximum absolute atomic E-state index is 4.93. The molecule has 3 aromatic carbocycles. The van der Waals surface area contributed by atoms with Crippen LogP contribution in [-0.2, 0) is 5.41 Å². The molecule has 6 aromatic rings. The van der Waals surface area contributed by atoms with Crippen molar-refractivity contribution in [2.45, 2.75) is 40.0 Å². The third-order valence-corrected chi connectivity index (χ3v) is 9.60. The van der Waals surface area contributed by atoms with E-state index in [9.17, 15) is 0 Å². The lowest BCUT2D eigenvalue weighted by atomic mass is 9.82. The molecule has 1 nitrogen and oxygen atoms in total. The molecule has 0 amide bonds. The van der Waals surface area contributed by atoms with Crippen molar-refractivity contribution in [1.82, 2.24) is 4.98 Å². The molecular weight excluding hydrogens is 450 g/mol. The second-order valence-corrected chi connectivity index (χ2v) is 12.2. The first kappa shape index (κ1) is 21.5. The fraction of sp³-hybridized carbons (Fsp3) is 0.194. The van der Waals surface area contributed by atoms with Gasteiger partial charge in [0, 0.05) is 26.2 Å². The van der Waals surface area contributed by atoms with Crippen LogP contribution in [0.3, 0.4) is 0 Å². The van der Waals surface area contributed by atoms with Crippen molar-refractivity contribution < 1.29 is 0 Å². The first-order chi connectivity index (χ1) is 16.3. The Morgan fingerprint density at radius 3 is 2.15 bits per heavy atom. The predicted octanol–water partition coefficient (Wildman–Crippen LogP) is 9.91. The maximum Gasteiger partial charge on any atom is 0.0880 e. The summed E-state index contributed by atoms with van der Waals surface area (Å²) in [5.74, 6) is 0. The van der Waals surface area contributed by atoms with Crippen molar-refractivity contribution in [3.63, 3.8) is 0 Å². The first-order valence-electron chi connectivity index (χ1n) is 11.7. The summed E-state index contributed by atoms with van der Waals surface area (Å²) in [5.41, 5.74) is 6.45. The molecule has 3 heteroatoms. The molecule has 0 N–H and O–H groups in total. The van der Waals surface area contributed by atoms with Crippen LogP contribution in [0.5, 0.6) is 0 Å². The number of nitrogens with zero attached hydrogens (tertiary/aromatic N) is 1. The molecule has 0 aliphatic heterocycles. The van der Waals surface area contributed by atoms with E-state index in [1.54, 1.807) is 0 Å². The van der Waals surface area contributed by atoms with Crippen LogP contribution in [0.25, 0.3) is 52.0 Å². The van der Waals surface area contributed by atoms with E-state index in [0.717, 1.165) is 5.69 Å². The van der Waals surface area contributed by atoms with Gasteiger partial charge in [-0.3, -0.25) is 4.98 Å². The summed E-state index contributed by atoms with van der Waals surface area (Å²) in [4.78, 5) is 7.70.